The molecule has 1 saturated heterocycles. The highest BCUT2D eigenvalue weighted by atomic mass is 32.2. The van der Waals surface area contributed by atoms with E-state index in [9.17, 15) is 9.59 Å². The van der Waals surface area contributed by atoms with E-state index in [0.717, 1.165) is 17.1 Å². The van der Waals surface area contributed by atoms with Gasteiger partial charge in [-0.15, -0.1) is 11.8 Å². The largest absolute Gasteiger partial charge is 0.497 e. The van der Waals surface area contributed by atoms with E-state index < -0.39 is 0 Å². The van der Waals surface area contributed by atoms with Gasteiger partial charge in [-0.25, -0.2) is 4.68 Å². The molecule has 1 atom stereocenters. The van der Waals surface area contributed by atoms with Crippen LogP contribution >= 0.6 is 11.8 Å². The van der Waals surface area contributed by atoms with E-state index in [2.05, 4.69) is 5.10 Å². The van der Waals surface area contributed by atoms with E-state index in [1.165, 1.54) is 16.8 Å². The van der Waals surface area contributed by atoms with E-state index in [1.807, 2.05) is 24.3 Å². The van der Waals surface area contributed by atoms with Gasteiger partial charge in [-0.05, 0) is 23.8 Å². The Morgan fingerprint density at radius 2 is 2.00 bits per heavy atom. The molecule has 1 fully saturated rings. The van der Waals surface area contributed by atoms with Crippen molar-refractivity contribution in [3.8, 4) is 5.75 Å². The Labute approximate surface area is 138 Å². The lowest BCUT2D eigenvalue weighted by Gasteiger charge is -2.24. The van der Waals surface area contributed by atoms with Crippen molar-refractivity contribution in [3.05, 3.63) is 58.0 Å². The van der Waals surface area contributed by atoms with Gasteiger partial charge in [0.25, 0.3) is 11.5 Å². The van der Waals surface area contributed by atoms with Crippen LogP contribution < -0.4 is 10.3 Å². The monoisotopic (exact) mass is 331 g/mol. The number of aromatic nitrogens is 2. The molecular weight excluding hydrogens is 314 g/mol. The van der Waals surface area contributed by atoms with Crippen LogP contribution in [0, 0.1) is 0 Å². The number of ether oxygens (including phenoxy) is 1. The first-order valence-electron chi connectivity index (χ1n) is 7.21. The van der Waals surface area contributed by atoms with E-state index in [4.69, 9.17) is 4.74 Å². The second-order valence-electron chi connectivity index (χ2n) is 5.18. The minimum absolute atomic E-state index is 0.0487. The summed E-state index contributed by atoms with van der Waals surface area (Å²) in [5, 5.41) is 4.01. The molecule has 7 heteroatoms. The molecule has 1 aromatic heterocycles. The molecule has 6 nitrogen and oxygen atoms in total. The molecule has 1 aromatic carbocycles. The summed E-state index contributed by atoms with van der Waals surface area (Å²) >= 11 is 1.72. The van der Waals surface area contributed by atoms with E-state index in [-0.39, 0.29) is 22.5 Å². The van der Waals surface area contributed by atoms with Crippen LogP contribution in [0.5, 0.6) is 5.75 Å². The molecule has 3 rings (SSSR count). The Bertz CT molecular complexity index is 773. The average Bonchev–Trinajstić information content (AvgIpc) is 3.06. The summed E-state index contributed by atoms with van der Waals surface area (Å²) in [5.74, 6) is 1.49. The summed E-state index contributed by atoms with van der Waals surface area (Å²) in [7, 11) is 3.17. The highest BCUT2D eigenvalue weighted by molar-refractivity contribution is 7.99. The third-order valence-electron chi connectivity index (χ3n) is 3.73. The first-order chi connectivity index (χ1) is 11.1. The summed E-state index contributed by atoms with van der Waals surface area (Å²) < 4.78 is 6.35. The van der Waals surface area contributed by atoms with Crippen LogP contribution in [0.3, 0.4) is 0 Å². The molecule has 1 aliphatic heterocycles. The van der Waals surface area contributed by atoms with E-state index >= 15 is 0 Å². The number of hydrogen-bond acceptors (Lipinski definition) is 5. The number of amides is 1. The number of hydrogen-bond donors (Lipinski definition) is 0. The van der Waals surface area contributed by atoms with Crippen molar-refractivity contribution in [2.45, 2.75) is 5.37 Å². The van der Waals surface area contributed by atoms with Gasteiger partial charge in [0.1, 0.15) is 16.8 Å². The molecule has 0 spiro atoms. The molecule has 1 aliphatic rings. The number of benzene rings is 1. The minimum atomic E-state index is -0.232. The number of carbonyl (C=O) groups is 1. The number of thioether (sulfide) groups is 1. The number of aryl methyl sites for hydroxylation is 1. The topological polar surface area (TPSA) is 64.4 Å². The fourth-order valence-corrected chi connectivity index (χ4v) is 3.74. The lowest BCUT2D eigenvalue weighted by atomic mass is 10.2. The summed E-state index contributed by atoms with van der Waals surface area (Å²) in [6.07, 6.45) is 0. The summed E-state index contributed by atoms with van der Waals surface area (Å²) in [6, 6.07) is 10.6. The van der Waals surface area contributed by atoms with Crippen LogP contribution in [-0.2, 0) is 7.05 Å². The molecule has 120 valence electrons. The molecule has 0 N–H and O–H groups in total. The lowest BCUT2D eigenvalue weighted by molar-refractivity contribution is 0.0751. The Kier molecular flexibility index (Phi) is 4.38. The third-order valence-corrected chi connectivity index (χ3v) is 4.99. The SMILES string of the molecule is COc1ccc(C2SCCN2C(=O)c2ccc(=O)n(C)n2)cc1. The van der Waals surface area contributed by atoms with Gasteiger partial charge in [0.05, 0.1) is 7.11 Å². The molecule has 2 heterocycles. The van der Waals surface area contributed by atoms with Crippen molar-refractivity contribution in [1.29, 1.82) is 0 Å². The van der Waals surface area contributed by atoms with Crippen LogP contribution in [0.1, 0.15) is 21.4 Å². The van der Waals surface area contributed by atoms with Gasteiger partial charge >= 0.3 is 0 Å². The molecule has 0 aliphatic carbocycles. The predicted molar refractivity (Wildman–Crippen MR) is 88.7 cm³/mol. The molecule has 2 aromatic rings. The third kappa shape index (κ3) is 3.10. The highest BCUT2D eigenvalue weighted by Crippen LogP contribution is 2.38. The fourth-order valence-electron chi connectivity index (χ4n) is 2.49. The van der Waals surface area contributed by atoms with E-state index in [1.54, 1.807) is 30.8 Å². The Morgan fingerprint density at radius 1 is 1.26 bits per heavy atom. The maximum Gasteiger partial charge on any atom is 0.275 e. The number of rotatable bonds is 3. The first kappa shape index (κ1) is 15.6. The van der Waals surface area contributed by atoms with Crippen LogP contribution in [0.25, 0.3) is 0 Å². The summed E-state index contributed by atoms with van der Waals surface area (Å²) in [5.41, 5.74) is 1.10. The number of carbonyl (C=O) groups excluding carboxylic acids is 1. The number of nitrogens with zero attached hydrogens (tertiary/aromatic N) is 3. The molecule has 0 bridgehead atoms. The molecule has 23 heavy (non-hydrogen) atoms. The van der Waals surface area contributed by atoms with Crippen LogP contribution in [0.15, 0.2) is 41.2 Å². The van der Waals surface area contributed by atoms with Crippen molar-refractivity contribution in [2.75, 3.05) is 19.4 Å². The standard InChI is InChI=1S/C16H17N3O3S/c1-18-14(20)8-7-13(17-18)15(21)19-9-10-23-16(19)11-3-5-12(22-2)6-4-11/h3-8,16H,9-10H2,1-2H3. The van der Waals surface area contributed by atoms with Crippen molar-refractivity contribution < 1.29 is 9.53 Å². The van der Waals surface area contributed by atoms with Gasteiger partial charge in [0.2, 0.25) is 0 Å². The van der Waals surface area contributed by atoms with E-state index in [0.29, 0.717) is 6.54 Å². The maximum atomic E-state index is 12.7. The fraction of sp³-hybridized carbons (Fsp3) is 0.312. The Balaban J connectivity index is 1.86. The Morgan fingerprint density at radius 3 is 2.65 bits per heavy atom. The van der Waals surface area contributed by atoms with Crippen LogP contribution in [0.4, 0.5) is 0 Å². The normalized spacial score (nSPS) is 17.3. The van der Waals surface area contributed by atoms with Crippen molar-refractivity contribution >= 4 is 17.7 Å². The maximum absolute atomic E-state index is 12.7. The van der Waals surface area contributed by atoms with Gasteiger partial charge in [-0.2, -0.15) is 5.10 Å². The van der Waals surface area contributed by atoms with Crippen LogP contribution in [0.2, 0.25) is 0 Å². The zero-order valence-electron chi connectivity index (χ0n) is 12.9. The van der Waals surface area contributed by atoms with Gasteiger partial charge in [0, 0.05) is 25.4 Å². The van der Waals surface area contributed by atoms with Gasteiger partial charge < -0.3 is 9.64 Å². The first-order valence-corrected chi connectivity index (χ1v) is 8.26. The predicted octanol–water partition coefficient (Wildman–Crippen LogP) is 1.68. The number of methoxy groups -OCH3 is 1. The van der Waals surface area contributed by atoms with Crippen molar-refractivity contribution in [1.82, 2.24) is 14.7 Å². The lowest BCUT2D eigenvalue weighted by Crippen LogP contribution is -2.33. The summed E-state index contributed by atoms with van der Waals surface area (Å²) in [6.45, 7) is 0.657. The van der Waals surface area contributed by atoms with Crippen molar-refractivity contribution in [3.63, 3.8) is 0 Å². The molecule has 1 amide bonds. The smallest absolute Gasteiger partial charge is 0.275 e. The van der Waals surface area contributed by atoms with Gasteiger partial charge in [0.15, 0.2) is 0 Å². The second-order valence-corrected chi connectivity index (χ2v) is 6.36. The molecule has 0 radical (unpaired) electrons. The minimum Gasteiger partial charge on any atom is -0.497 e. The zero-order chi connectivity index (χ0) is 16.4. The van der Waals surface area contributed by atoms with Crippen molar-refractivity contribution in [2.24, 2.45) is 7.05 Å². The summed E-state index contributed by atoms with van der Waals surface area (Å²) in [4.78, 5) is 25.9. The Hall–Kier alpha value is -2.28. The average molecular weight is 331 g/mol. The zero-order valence-corrected chi connectivity index (χ0v) is 13.7. The van der Waals surface area contributed by atoms with Gasteiger partial charge in [-0.3, -0.25) is 9.59 Å². The second kappa shape index (κ2) is 6.45. The molecule has 0 saturated carbocycles. The van der Waals surface area contributed by atoms with Gasteiger partial charge in [-0.1, -0.05) is 12.1 Å². The molecular formula is C16H17N3O3S. The van der Waals surface area contributed by atoms with Crippen LogP contribution in [-0.4, -0.2) is 40.0 Å². The highest BCUT2D eigenvalue weighted by Gasteiger charge is 2.32. The molecule has 1 unspecified atom stereocenters. The quantitative estimate of drug-likeness (QED) is 0.856.